The average Bonchev–Trinajstić information content (AvgIpc) is 3.14. The van der Waals surface area contributed by atoms with Gasteiger partial charge in [0.2, 0.25) is 0 Å². The Labute approximate surface area is 196 Å². The molecule has 0 saturated carbocycles. The van der Waals surface area contributed by atoms with Crippen molar-refractivity contribution in [1.29, 1.82) is 0 Å². The van der Waals surface area contributed by atoms with Crippen LogP contribution in [0.1, 0.15) is 34.0 Å². The molecule has 6 heteroatoms. The van der Waals surface area contributed by atoms with Crippen molar-refractivity contribution in [2.75, 3.05) is 17.2 Å². The first-order valence-electron chi connectivity index (χ1n) is 11.2. The van der Waals surface area contributed by atoms with E-state index >= 15 is 0 Å². The summed E-state index contributed by atoms with van der Waals surface area (Å²) in [6, 6.07) is 25.2. The van der Waals surface area contributed by atoms with Crippen LogP contribution in [0.4, 0.5) is 21.5 Å². The second-order valence-electron chi connectivity index (χ2n) is 8.28. The van der Waals surface area contributed by atoms with E-state index in [1.807, 2.05) is 61.5 Å². The van der Waals surface area contributed by atoms with E-state index in [9.17, 15) is 9.18 Å². The standard InChI is InChI=1S/C28H21FN2O3/c1-2-30-17-11-13-21-26(16-17)33-25-14-12-18(31-24-10-6-5-9-23(24)29)15-22(25)28(21)20-8-4-3-7-19(20)27(32)34-28/h3-16,30-31H,2H2,1H3. The van der Waals surface area contributed by atoms with Gasteiger partial charge in [-0.25, -0.2) is 9.18 Å². The summed E-state index contributed by atoms with van der Waals surface area (Å²) in [6.07, 6.45) is 0. The molecule has 6 rings (SSSR count). The highest BCUT2D eigenvalue weighted by Gasteiger charge is 2.53. The van der Waals surface area contributed by atoms with E-state index < -0.39 is 11.6 Å². The van der Waals surface area contributed by atoms with Crippen LogP contribution in [-0.2, 0) is 10.3 Å². The molecular formula is C28H21FN2O3. The van der Waals surface area contributed by atoms with E-state index in [1.165, 1.54) is 6.07 Å². The van der Waals surface area contributed by atoms with Gasteiger partial charge >= 0.3 is 5.97 Å². The van der Waals surface area contributed by atoms with Gasteiger partial charge in [-0.05, 0) is 55.5 Å². The Balaban J connectivity index is 1.56. The predicted molar refractivity (Wildman–Crippen MR) is 129 cm³/mol. The first kappa shape index (κ1) is 20.3. The maximum atomic E-state index is 14.3. The number of para-hydroxylation sites is 1. The quantitative estimate of drug-likeness (QED) is 0.343. The number of nitrogens with one attached hydrogen (secondary N) is 2. The lowest BCUT2D eigenvalue weighted by atomic mass is 9.77. The summed E-state index contributed by atoms with van der Waals surface area (Å²) in [4.78, 5) is 13.0. The van der Waals surface area contributed by atoms with Crippen molar-refractivity contribution in [3.8, 4) is 11.5 Å². The number of benzene rings is 4. The second-order valence-corrected chi connectivity index (χ2v) is 8.28. The number of carbonyl (C=O) groups is 1. The summed E-state index contributed by atoms with van der Waals surface area (Å²) in [7, 11) is 0. The molecule has 1 spiro atoms. The molecule has 2 N–H and O–H groups in total. The highest BCUT2D eigenvalue weighted by molar-refractivity contribution is 5.97. The number of hydrogen-bond acceptors (Lipinski definition) is 5. The van der Waals surface area contributed by atoms with E-state index in [1.54, 1.807) is 24.3 Å². The monoisotopic (exact) mass is 452 g/mol. The van der Waals surface area contributed by atoms with Crippen LogP contribution < -0.4 is 15.4 Å². The van der Waals surface area contributed by atoms with Gasteiger partial charge in [0.25, 0.3) is 0 Å². The minimum atomic E-state index is -1.17. The molecule has 0 saturated heterocycles. The molecule has 0 aromatic heterocycles. The molecule has 5 nitrogen and oxygen atoms in total. The van der Waals surface area contributed by atoms with Crippen LogP contribution in [-0.4, -0.2) is 12.5 Å². The molecule has 34 heavy (non-hydrogen) atoms. The van der Waals surface area contributed by atoms with Gasteiger partial charge in [-0.3, -0.25) is 0 Å². The minimum Gasteiger partial charge on any atom is -0.456 e. The van der Waals surface area contributed by atoms with Crippen LogP contribution >= 0.6 is 0 Å². The van der Waals surface area contributed by atoms with Crippen molar-refractivity contribution < 1.29 is 18.7 Å². The molecule has 2 aliphatic rings. The second kappa shape index (κ2) is 7.63. The number of ether oxygens (including phenoxy) is 2. The Morgan fingerprint density at radius 3 is 2.47 bits per heavy atom. The molecule has 2 aliphatic heterocycles. The van der Waals surface area contributed by atoms with E-state index in [2.05, 4.69) is 10.6 Å². The zero-order chi connectivity index (χ0) is 23.3. The van der Waals surface area contributed by atoms with Crippen molar-refractivity contribution in [1.82, 2.24) is 0 Å². The topological polar surface area (TPSA) is 59.6 Å². The number of esters is 1. The first-order valence-corrected chi connectivity index (χ1v) is 11.2. The van der Waals surface area contributed by atoms with Gasteiger partial charge in [0.1, 0.15) is 17.3 Å². The molecular weight excluding hydrogens is 431 g/mol. The van der Waals surface area contributed by atoms with Gasteiger partial charge < -0.3 is 20.1 Å². The maximum absolute atomic E-state index is 14.3. The Hall–Kier alpha value is -4.32. The maximum Gasteiger partial charge on any atom is 0.340 e. The molecule has 4 aromatic carbocycles. The average molecular weight is 452 g/mol. The SMILES string of the molecule is CCNc1ccc2c(c1)Oc1ccc(Nc3ccccc3F)cc1C21OC(=O)c2ccccc21. The zero-order valence-electron chi connectivity index (χ0n) is 18.4. The zero-order valence-corrected chi connectivity index (χ0v) is 18.4. The fraction of sp³-hybridized carbons (Fsp3) is 0.107. The van der Waals surface area contributed by atoms with Crippen molar-refractivity contribution in [3.05, 3.63) is 113 Å². The highest BCUT2D eigenvalue weighted by Crippen LogP contribution is 2.56. The fourth-order valence-electron chi connectivity index (χ4n) is 4.78. The van der Waals surface area contributed by atoms with Gasteiger partial charge in [-0.15, -0.1) is 0 Å². The van der Waals surface area contributed by atoms with Crippen LogP contribution in [0.5, 0.6) is 11.5 Å². The van der Waals surface area contributed by atoms with E-state index in [4.69, 9.17) is 9.47 Å². The summed E-state index contributed by atoms with van der Waals surface area (Å²) < 4.78 is 26.8. The van der Waals surface area contributed by atoms with E-state index in [0.29, 0.717) is 34.0 Å². The Morgan fingerprint density at radius 1 is 0.824 bits per heavy atom. The molecule has 4 aromatic rings. The summed E-state index contributed by atoms with van der Waals surface area (Å²) in [5.41, 5.74) is 3.44. The predicted octanol–water partition coefficient (Wildman–Crippen LogP) is 6.57. The van der Waals surface area contributed by atoms with Crippen LogP contribution in [0.25, 0.3) is 0 Å². The van der Waals surface area contributed by atoms with Crippen LogP contribution in [0.3, 0.4) is 0 Å². The lowest BCUT2D eigenvalue weighted by molar-refractivity contribution is 0.0224. The number of fused-ring (bicyclic) bond motifs is 6. The van der Waals surface area contributed by atoms with Crippen molar-refractivity contribution >= 4 is 23.0 Å². The molecule has 1 atom stereocenters. The molecule has 0 aliphatic carbocycles. The number of hydrogen-bond donors (Lipinski definition) is 2. The van der Waals surface area contributed by atoms with Gasteiger partial charge in [-0.1, -0.05) is 30.3 Å². The third kappa shape index (κ3) is 2.95. The molecule has 1 unspecified atom stereocenters. The normalized spacial score (nSPS) is 17.3. The number of rotatable bonds is 4. The number of anilines is 3. The van der Waals surface area contributed by atoms with E-state index in [0.717, 1.165) is 23.4 Å². The summed E-state index contributed by atoms with van der Waals surface area (Å²) in [5, 5.41) is 6.43. The van der Waals surface area contributed by atoms with Crippen molar-refractivity contribution in [3.63, 3.8) is 0 Å². The summed E-state index contributed by atoms with van der Waals surface area (Å²) in [5.74, 6) is 0.442. The van der Waals surface area contributed by atoms with Gasteiger partial charge in [0.05, 0.1) is 11.3 Å². The third-order valence-corrected chi connectivity index (χ3v) is 6.25. The van der Waals surface area contributed by atoms with Gasteiger partial charge in [-0.2, -0.15) is 0 Å². The Kier molecular flexibility index (Phi) is 4.55. The van der Waals surface area contributed by atoms with E-state index in [-0.39, 0.29) is 5.82 Å². The Bertz CT molecular complexity index is 1450. The largest absolute Gasteiger partial charge is 0.456 e. The highest BCUT2D eigenvalue weighted by atomic mass is 19.1. The third-order valence-electron chi connectivity index (χ3n) is 6.25. The fourth-order valence-corrected chi connectivity index (χ4v) is 4.78. The minimum absolute atomic E-state index is 0.354. The van der Waals surface area contributed by atoms with Crippen molar-refractivity contribution in [2.24, 2.45) is 0 Å². The van der Waals surface area contributed by atoms with Gasteiger partial charge in [0.15, 0.2) is 5.60 Å². The molecule has 0 amide bonds. The summed E-state index contributed by atoms with van der Waals surface area (Å²) in [6.45, 7) is 2.79. The van der Waals surface area contributed by atoms with Crippen molar-refractivity contribution in [2.45, 2.75) is 12.5 Å². The molecule has 168 valence electrons. The summed E-state index contributed by atoms with van der Waals surface area (Å²) >= 11 is 0. The molecule has 0 fully saturated rings. The van der Waals surface area contributed by atoms with Crippen LogP contribution in [0.15, 0.2) is 84.9 Å². The molecule has 0 radical (unpaired) electrons. The smallest absolute Gasteiger partial charge is 0.340 e. The molecule has 2 heterocycles. The molecule has 0 bridgehead atoms. The lowest BCUT2D eigenvalue weighted by Gasteiger charge is -2.37. The van der Waals surface area contributed by atoms with Gasteiger partial charge in [0, 0.05) is 40.7 Å². The van der Waals surface area contributed by atoms with Crippen LogP contribution in [0, 0.1) is 5.82 Å². The van der Waals surface area contributed by atoms with Crippen LogP contribution in [0.2, 0.25) is 0 Å². The number of carbonyl (C=O) groups excluding carboxylic acids is 1. The Morgan fingerprint density at radius 2 is 1.62 bits per heavy atom. The lowest BCUT2D eigenvalue weighted by Crippen LogP contribution is -2.33. The first-order chi connectivity index (χ1) is 16.6. The number of halogens is 1.